The molecule has 0 aromatic heterocycles. The highest BCUT2D eigenvalue weighted by Crippen LogP contribution is 2.27. The highest BCUT2D eigenvalue weighted by Gasteiger charge is 2.48. The lowest BCUT2D eigenvalue weighted by Gasteiger charge is -2.45. The smallest absolute Gasteiger partial charge is 0.176 e. The standard InChI is InChI=1S/C12H25FN4O5/c13-6-7(17)12(21-5(2-14)9(6)19)22-11-4(16)1-3(15)8(18)10(11)20/h3-12,18-20H,1-2,14-17H2. The Morgan fingerprint density at radius 3 is 2.27 bits per heavy atom. The fraction of sp³-hybridized carbons (Fsp3) is 1.00. The van der Waals surface area contributed by atoms with Gasteiger partial charge in [-0.3, -0.25) is 0 Å². The molecule has 0 spiro atoms. The Bertz CT molecular complexity index is 379. The third-order valence-corrected chi connectivity index (χ3v) is 4.31. The molecule has 1 aliphatic heterocycles. The molecule has 10 unspecified atom stereocenters. The van der Waals surface area contributed by atoms with E-state index in [0.717, 1.165) is 0 Å². The van der Waals surface area contributed by atoms with Crippen LogP contribution in [0.5, 0.6) is 0 Å². The van der Waals surface area contributed by atoms with Crippen molar-refractivity contribution in [2.45, 2.75) is 67.5 Å². The molecule has 0 bridgehead atoms. The van der Waals surface area contributed by atoms with Crippen molar-refractivity contribution >= 4 is 0 Å². The lowest BCUT2D eigenvalue weighted by molar-refractivity contribution is -0.280. The molecule has 0 radical (unpaired) electrons. The quantitative estimate of drug-likeness (QED) is 0.271. The van der Waals surface area contributed by atoms with E-state index in [2.05, 4.69) is 0 Å². The van der Waals surface area contributed by atoms with Crippen LogP contribution in [-0.4, -0.2) is 83.0 Å². The molecule has 1 heterocycles. The Morgan fingerprint density at radius 1 is 1.05 bits per heavy atom. The second-order valence-electron chi connectivity index (χ2n) is 5.94. The van der Waals surface area contributed by atoms with E-state index in [9.17, 15) is 19.7 Å². The number of aliphatic hydroxyl groups excluding tert-OH is 3. The number of halogens is 1. The average molecular weight is 324 g/mol. The van der Waals surface area contributed by atoms with Crippen LogP contribution in [0.2, 0.25) is 0 Å². The van der Waals surface area contributed by atoms with Gasteiger partial charge in [-0.15, -0.1) is 0 Å². The van der Waals surface area contributed by atoms with Crippen LogP contribution in [-0.2, 0) is 9.47 Å². The summed E-state index contributed by atoms with van der Waals surface area (Å²) in [5.74, 6) is 0. The predicted octanol–water partition coefficient (Wildman–Crippen LogP) is -4.14. The number of ether oxygens (including phenoxy) is 2. The van der Waals surface area contributed by atoms with Gasteiger partial charge in [-0.25, -0.2) is 4.39 Å². The summed E-state index contributed by atoms with van der Waals surface area (Å²) >= 11 is 0. The zero-order valence-corrected chi connectivity index (χ0v) is 12.0. The Kier molecular flexibility index (Phi) is 5.69. The molecule has 11 N–H and O–H groups in total. The molecule has 2 aliphatic rings. The summed E-state index contributed by atoms with van der Waals surface area (Å²) in [7, 11) is 0. The van der Waals surface area contributed by atoms with Crippen molar-refractivity contribution < 1.29 is 29.2 Å². The van der Waals surface area contributed by atoms with Gasteiger partial charge >= 0.3 is 0 Å². The van der Waals surface area contributed by atoms with Crippen molar-refractivity contribution in [3.63, 3.8) is 0 Å². The molecule has 0 aromatic rings. The molecule has 0 aromatic carbocycles. The Morgan fingerprint density at radius 2 is 1.68 bits per heavy atom. The van der Waals surface area contributed by atoms with Gasteiger partial charge < -0.3 is 47.7 Å². The molecule has 1 saturated carbocycles. The van der Waals surface area contributed by atoms with E-state index in [1.54, 1.807) is 0 Å². The molecule has 130 valence electrons. The topological polar surface area (TPSA) is 183 Å². The van der Waals surface area contributed by atoms with Crippen LogP contribution in [0.4, 0.5) is 4.39 Å². The molecular formula is C12H25FN4O5. The summed E-state index contributed by atoms with van der Waals surface area (Å²) in [6.45, 7) is -0.124. The van der Waals surface area contributed by atoms with Gasteiger partial charge in [0.05, 0.1) is 12.1 Å². The van der Waals surface area contributed by atoms with Crippen LogP contribution >= 0.6 is 0 Å². The van der Waals surface area contributed by atoms with Crippen molar-refractivity contribution in [2.75, 3.05) is 6.54 Å². The second kappa shape index (κ2) is 6.99. The van der Waals surface area contributed by atoms with E-state index in [4.69, 9.17) is 32.4 Å². The minimum Gasteiger partial charge on any atom is -0.389 e. The number of alkyl halides is 1. The molecule has 2 rings (SSSR count). The maximum Gasteiger partial charge on any atom is 0.176 e. The van der Waals surface area contributed by atoms with E-state index < -0.39 is 61.1 Å². The Balaban J connectivity index is 2.08. The first kappa shape index (κ1) is 17.9. The van der Waals surface area contributed by atoms with Gasteiger partial charge in [-0.05, 0) is 6.42 Å². The second-order valence-corrected chi connectivity index (χ2v) is 5.94. The summed E-state index contributed by atoms with van der Waals surface area (Å²) in [5, 5.41) is 29.5. The van der Waals surface area contributed by atoms with Crippen molar-refractivity contribution in [3.8, 4) is 0 Å². The van der Waals surface area contributed by atoms with Gasteiger partial charge in [0.1, 0.15) is 30.6 Å². The van der Waals surface area contributed by atoms with Crippen molar-refractivity contribution in [1.29, 1.82) is 0 Å². The highest BCUT2D eigenvalue weighted by molar-refractivity contribution is 4.99. The third kappa shape index (κ3) is 3.25. The lowest BCUT2D eigenvalue weighted by Crippen LogP contribution is -2.66. The highest BCUT2D eigenvalue weighted by atomic mass is 19.1. The van der Waals surface area contributed by atoms with Crippen molar-refractivity contribution in [1.82, 2.24) is 0 Å². The van der Waals surface area contributed by atoms with E-state index in [1.807, 2.05) is 0 Å². The van der Waals surface area contributed by atoms with E-state index in [0.29, 0.717) is 0 Å². The largest absolute Gasteiger partial charge is 0.389 e. The molecule has 1 aliphatic carbocycles. The number of hydrogen-bond donors (Lipinski definition) is 7. The van der Waals surface area contributed by atoms with Gasteiger partial charge in [0.2, 0.25) is 0 Å². The number of nitrogens with two attached hydrogens (primary N) is 4. The van der Waals surface area contributed by atoms with Crippen LogP contribution in [0.3, 0.4) is 0 Å². The molecule has 10 heteroatoms. The van der Waals surface area contributed by atoms with Gasteiger partial charge in [-0.2, -0.15) is 0 Å². The average Bonchev–Trinajstić information content (AvgIpc) is 2.49. The third-order valence-electron chi connectivity index (χ3n) is 4.31. The van der Waals surface area contributed by atoms with Crippen LogP contribution < -0.4 is 22.9 Å². The fourth-order valence-electron chi connectivity index (χ4n) is 2.87. The first-order chi connectivity index (χ1) is 10.3. The molecule has 9 nitrogen and oxygen atoms in total. The summed E-state index contributed by atoms with van der Waals surface area (Å²) in [5.41, 5.74) is 22.6. The van der Waals surface area contributed by atoms with Crippen molar-refractivity contribution in [2.24, 2.45) is 22.9 Å². The lowest BCUT2D eigenvalue weighted by atomic mass is 9.84. The van der Waals surface area contributed by atoms with Crippen molar-refractivity contribution in [3.05, 3.63) is 0 Å². The number of rotatable bonds is 3. The first-order valence-corrected chi connectivity index (χ1v) is 7.24. The Hall–Kier alpha value is -0.430. The van der Waals surface area contributed by atoms with Gasteiger partial charge in [-0.1, -0.05) is 0 Å². The summed E-state index contributed by atoms with van der Waals surface area (Å²) in [6, 6.07) is -2.63. The van der Waals surface area contributed by atoms with Gasteiger partial charge in [0, 0.05) is 18.6 Å². The van der Waals surface area contributed by atoms with Gasteiger partial charge in [0.15, 0.2) is 6.29 Å². The van der Waals surface area contributed by atoms with Crippen LogP contribution in [0.15, 0.2) is 0 Å². The summed E-state index contributed by atoms with van der Waals surface area (Å²) in [6.07, 6.45) is -8.86. The van der Waals surface area contributed by atoms with Crippen LogP contribution in [0.1, 0.15) is 6.42 Å². The molecule has 1 saturated heterocycles. The maximum atomic E-state index is 14.0. The molecular weight excluding hydrogens is 299 g/mol. The Labute approximate surface area is 127 Å². The normalized spacial score (nSPS) is 53.5. The number of hydrogen-bond acceptors (Lipinski definition) is 9. The van der Waals surface area contributed by atoms with E-state index in [-0.39, 0.29) is 13.0 Å². The maximum absolute atomic E-state index is 14.0. The fourth-order valence-corrected chi connectivity index (χ4v) is 2.87. The van der Waals surface area contributed by atoms with E-state index in [1.165, 1.54) is 0 Å². The summed E-state index contributed by atoms with van der Waals surface area (Å²) < 4.78 is 24.8. The first-order valence-electron chi connectivity index (χ1n) is 7.24. The molecule has 10 atom stereocenters. The predicted molar refractivity (Wildman–Crippen MR) is 74.0 cm³/mol. The SMILES string of the molecule is NCC1OC(OC2C(N)CC(N)C(O)C2O)C(N)C(F)C1O. The molecule has 0 amide bonds. The summed E-state index contributed by atoms with van der Waals surface area (Å²) in [4.78, 5) is 0. The zero-order valence-electron chi connectivity index (χ0n) is 12.0. The number of aliphatic hydroxyl groups is 3. The zero-order chi connectivity index (χ0) is 16.6. The van der Waals surface area contributed by atoms with E-state index >= 15 is 0 Å². The van der Waals surface area contributed by atoms with Crippen LogP contribution in [0.25, 0.3) is 0 Å². The van der Waals surface area contributed by atoms with Gasteiger partial charge in [0.25, 0.3) is 0 Å². The monoisotopic (exact) mass is 324 g/mol. The minimum absolute atomic E-state index is 0.124. The van der Waals surface area contributed by atoms with Crippen LogP contribution in [0, 0.1) is 0 Å². The molecule has 2 fully saturated rings. The molecule has 22 heavy (non-hydrogen) atoms. The minimum atomic E-state index is -1.79.